The third kappa shape index (κ3) is 5.05. The predicted octanol–water partition coefficient (Wildman–Crippen LogP) is 3.89. The number of nitrogens with one attached hydrogen (secondary N) is 1. The zero-order valence-corrected chi connectivity index (χ0v) is 12.8. The molecule has 2 aromatic carbocycles. The Kier molecular flexibility index (Phi) is 6.05. The smallest absolute Gasteiger partial charge is 0.0945 e. The molecule has 0 bridgehead atoms. The molecule has 0 spiro atoms. The van der Waals surface area contributed by atoms with Gasteiger partial charge in [-0.25, -0.2) is 0 Å². The molecule has 2 rings (SSSR count). The largest absolute Gasteiger partial charge is 0.389 e. The van der Waals surface area contributed by atoms with Gasteiger partial charge in [0.25, 0.3) is 0 Å². The van der Waals surface area contributed by atoms with E-state index in [0.717, 1.165) is 11.3 Å². The van der Waals surface area contributed by atoms with Gasteiger partial charge >= 0.3 is 0 Å². The van der Waals surface area contributed by atoms with Gasteiger partial charge in [0.05, 0.1) is 29.5 Å². The Morgan fingerprint density at radius 2 is 1.76 bits per heavy atom. The fourth-order valence-electron chi connectivity index (χ4n) is 1.97. The van der Waals surface area contributed by atoms with Crippen LogP contribution in [0.25, 0.3) is 0 Å². The van der Waals surface area contributed by atoms with Crippen molar-refractivity contribution in [2.45, 2.75) is 19.1 Å². The second kappa shape index (κ2) is 8.03. The van der Waals surface area contributed by atoms with E-state index in [1.807, 2.05) is 61.5 Å². The summed E-state index contributed by atoms with van der Waals surface area (Å²) in [5.74, 6) is 0. The Balaban J connectivity index is 1.75. The van der Waals surface area contributed by atoms with Crippen LogP contribution in [0.1, 0.15) is 18.6 Å². The average Bonchev–Trinajstić information content (AvgIpc) is 2.52. The Hall–Kier alpha value is -1.55. The van der Waals surface area contributed by atoms with Gasteiger partial charge in [-0.15, -0.1) is 0 Å². The third-order valence-electron chi connectivity index (χ3n) is 3.21. The van der Waals surface area contributed by atoms with Crippen LogP contribution >= 0.6 is 11.6 Å². The zero-order valence-electron chi connectivity index (χ0n) is 12.0. The number of hydrogen-bond donors (Lipinski definition) is 2. The quantitative estimate of drug-likeness (QED) is 0.815. The molecule has 21 heavy (non-hydrogen) atoms. The predicted molar refractivity (Wildman–Crippen MR) is 86.8 cm³/mol. The van der Waals surface area contributed by atoms with Crippen LogP contribution in [0.5, 0.6) is 0 Å². The van der Waals surface area contributed by atoms with Crippen molar-refractivity contribution in [3.63, 3.8) is 0 Å². The van der Waals surface area contributed by atoms with Crippen molar-refractivity contribution in [2.24, 2.45) is 0 Å². The van der Waals surface area contributed by atoms with Gasteiger partial charge in [0.15, 0.2) is 0 Å². The number of ether oxygens (including phenoxy) is 1. The summed E-state index contributed by atoms with van der Waals surface area (Å²) in [5.41, 5.74) is 1.91. The molecule has 0 aliphatic heterocycles. The second-order valence-corrected chi connectivity index (χ2v) is 5.31. The van der Waals surface area contributed by atoms with Crippen molar-refractivity contribution in [1.29, 1.82) is 0 Å². The lowest BCUT2D eigenvalue weighted by molar-refractivity contribution is 0.00243. The highest BCUT2D eigenvalue weighted by atomic mass is 35.5. The van der Waals surface area contributed by atoms with Crippen molar-refractivity contribution < 1.29 is 9.84 Å². The SMILES string of the molecule is CC(OCC(O)CNc1ccccc1Cl)c1ccccc1. The summed E-state index contributed by atoms with van der Waals surface area (Å²) >= 11 is 6.04. The molecule has 0 aliphatic carbocycles. The molecule has 112 valence electrons. The minimum atomic E-state index is -0.590. The normalized spacial score (nSPS) is 13.7. The Bertz CT molecular complexity index is 547. The van der Waals surface area contributed by atoms with Crippen LogP contribution in [0.15, 0.2) is 54.6 Å². The molecular formula is C17H20ClNO2. The molecule has 2 aromatic rings. The monoisotopic (exact) mass is 305 g/mol. The van der Waals surface area contributed by atoms with Crippen molar-refractivity contribution in [3.05, 3.63) is 65.2 Å². The van der Waals surface area contributed by atoms with Crippen LogP contribution < -0.4 is 5.32 Å². The molecule has 0 heterocycles. The molecule has 0 saturated heterocycles. The van der Waals surface area contributed by atoms with Crippen LogP contribution in [0.4, 0.5) is 5.69 Å². The van der Waals surface area contributed by atoms with E-state index >= 15 is 0 Å². The lowest BCUT2D eigenvalue weighted by atomic mass is 10.1. The van der Waals surface area contributed by atoms with Gasteiger partial charge in [-0.05, 0) is 24.6 Å². The van der Waals surface area contributed by atoms with E-state index in [4.69, 9.17) is 16.3 Å². The van der Waals surface area contributed by atoms with Crippen LogP contribution in [0.3, 0.4) is 0 Å². The molecular weight excluding hydrogens is 286 g/mol. The number of halogens is 1. The standard InChI is InChI=1S/C17H20ClNO2/c1-13(14-7-3-2-4-8-14)21-12-15(20)11-19-17-10-6-5-9-16(17)18/h2-10,13,15,19-20H,11-12H2,1H3. The highest BCUT2D eigenvalue weighted by Crippen LogP contribution is 2.20. The first-order chi connectivity index (χ1) is 10.2. The van der Waals surface area contributed by atoms with E-state index in [0.29, 0.717) is 11.6 Å². The van der Waals surface area contributed by atoms with Gasteiger partial charge in [0.1, 0.15) is 0 Å². The molecule has 2 atom stereocenters. The highest BCUT2D eigenvalue weighted by Gasteiger charge is 2.10. The summed E-state index contributed by atoms with van der Waals surface area (Å²) in [6.07, 6.45) is -0.631. The van der Waals surface area contributed by atoms with Gasteiger partial charge in [-0.2, -0.15) is 0 Å². The first-order valence-corrected chi connectivity index (χ1v) is 7.37. The molecule has 0 aliphatic rings. The maximum absolute atomic E-state index is 9.97. The summed E-state index contributed by atoms with van der Waals surface area (Å²) in [4.78, 5) is 0. The third-order valence-corrected chi connectivity index (χ3v) is 3.54. The van der Waals surface area contributed by atoms with Gasteiger partial charge in [0.2, 0.25) is 0 Å². The lowest BCUT2D eigenvalue weighted by Gasteiger charge is -2.18. The van der Waals surface area contributed by atoms with E-state index in [-0.39, 0.29) is 12.7 Å². The number of hydrogen-bond acceptors (Lipinski definition) is 3. The van der Waals surface area contributed by atoms with E-state index < -0.39 is 6.10 Å². The summed E-state index contributed by atoms with van der Waals surface area (Å²) in [6, 6.07) is 17.4. The minimum absolute atomic E-state index is 0.0406. The molecule has 3 nitrogen and oxygen atoms in total. The zero-order chi connectivity index (χ0) is 15.1. The minimum Gasteiger partial charge on any atom is -0.389 e. The number of aliphatic hydroxyl groups is 1. The van der Waals surface area contributed by atoms with Crippen LogP contribution in [0, 0.1) is 0 Å². The number of rotatable bonds is 7. The summed E-state index contributed by atoms with van der Waals surface area (Å²) in [7, 11) is 0. The highest BCUT2D eigenvalue weighted by molar-refractivity contribution is 6.33. The Morgan fingerprint density at radius 1 is 1.10 bits per heavy atom. The maximum atomic E-state index is 9.97. The van der Waals surface area contributed by atoms with E-state index in [1.54, 1.807) is 0 Å². The van der Waals surface area contributed by atoms with Crippen molar-refractivity contribution in [1.82, 2.24) is 0 Å². The second-order valence-electron chi connectivity index (χ2n) is 4.90. The van der Waals surface area contributed by atoms with Crippen LogP contribution in [-0.2, 0) is 4.74 Å². The summed E-state index contributed by atoms with van der Waals surface area (Å²) in [5, 5.41) is 13.7. The first kappa shape index (κ1) is 15.8. The average molecular weight is 306 g/mol. The lowest BCUT2D eigenvalue weighted by Crippen LogP contribution is -2.25. The van der Waals surface area contributed by atoms with Crippen LogP contribution in [-0.4, -0.2) is 24.4 Å². The first-order valence-electron chi connectivity index (χ1n) is 7.00. The number of anilines is 1. The van der Waals surface area contributed by atoms with Gasteiger partial charge < -0.3 is 15.2 Å². The Morgan fingerprint density at radius 3 is 2.48 bits per heavy atom. The topological polar surface area (TPSA) is 41.5 Å². The number of para-hydroxylation sites is 1. The molecule has 0 aromatic heterocycles. The van der Waals surface area contributed by atoms with Crippen molar-refractivity contribution in [2.75, 3.05) is 18.5 Å². The molecule has 0 amide bonds. The van der Waals surface area contributed by atoms with E-state index in [2.05, 4.69) is 5.32 Å². The van der Waals surface area contributed by atoms with Crippen LogP contribution in [0.2, 0.25) is 5.02 Å². The fraction of sp³-hybridized carbons (Fsp3) is 0.294. The number of benzene rings is 2. The Labute approximate surface area is 130 Å². The molecule has 0 saturated carbocycles. The van der Waals surface area contributed by atoms with E-state index in [9.17, 15) is 5.11 Å². The van der Waals surface area contributed by atoms with Crippen molar-refractivity contribution in [3.8, 4) is 0 Å². The summed E-state index contributed by atoms with van der Waals surface area (Å²) in [6.45, 7) is 2.64. The van der Waals surface area contributed by atoms with Gasteiger partial charge in [0, 0.05) is 6.54 Å². The van der Waals surface area contributed by atoms with Gasteiger partial charge in [-0.1, -0.05) is 54.1 Å². The van der Waals surface area contributed by atoms with Crippen molar-refractivity contribution >= 4 is 17.3 Å². The molecule has 2 N–H and O–H groups in total. The molecule has 4 heteroatoms. The van der Waals surface area contributed by atoms with Gasteiger partial charge in [-0.3, -0.25) is 0 Å². The molecule has 0 radical (unpaired) electrons. The summed E-state index contributed by atoms with van der Waals surface area (Å²) < 4.78 is 5.69. The molecule has 2 unspecified atom stereocenters. The number of aliphatic hydroxyl groups excluding tert-OH is 1. The molecule has 0 fully saturated rings. The van der Waals surface area contributed by atoms with E-state index in [1.165, 1.54) is 0 Å². The fourth-order valence-corrected chi connectivity index (χ4v) is 2.17. The maximum Gasteiger partial charge on any atom is 0.0945 e.